The van der Waals surface area contributed by atoms with Crippen molar-refractivity contribution in [1.29, 1.82) is 0 Å². The molecular weight excluding hydrogens is 268 g/mol. The van der Waals surface area contributed by atoms with Gasteiger partial charge in [-0.15, -0.1) is 0 Å². The van der Waals surface area contributed by atoms with Crippen molar-refractivity contribution in [2.45, 2.75) is 25.9 Å². The molecule has 0 saturated carbocycles. The fourth-order valence-electron chi connectivity index (χ4n) is 2.34. The first-order valence-corrected chi connectivity index (χ1v) is 6.76. The molecule has 6 heteroatoms. The minimum atomic E-state index is -0.988. The van der Waals surface area contributed by atoms with Crippen LogP contribution in [0.4, 0.5) is 5.82 Å². The summed E-state index contributed by atoms with van der Waals surface area (Å²) in [6.07, 6.45) is 2.08. The van der Waals surface area contributed by atoms with Crippen molar-refractivity contribution >= 4 is 23.4 Å². The number of hydrogen-bond donors (Lipinski definition) is 1. The van der Waals surface area contributed by atoms with Crippen LogP contribution in [0.25, 0.3) is 0 Å². The molecule has 1 aromatic heterocycles. The normalized spacial score (nSPS) is 19.5. The zero-order chi connectivity index (χ0) is 13.8. The molecular formula is C13H17ClN2O3. The molecule has 2 rings (SSSR count). The summed E-state index contributed by atoms with van der Waals surface area (Å²) < 4.78 is 5.62. The summed E-state index contributed by atoms with van der Waals surface area (Å²) in [7, 11) is 0. The number of ether oxygens (including phenoxy) is 1. The Hall–Kier alpha value is -1.33. The minimum Gasteiger partial charge on any atom is -0.478 e. The van der Waals surface area contributed by atoms with Gasteiger partial charge in [-0.1, -0.05) is 11.6 Å². The second-order valence-electron chi connectivity index (χ2n) is 4.48. The predicted octanol–water partition coefficient (Wildman–Crippen LogP) is 2.44. The molecule has 19 heavy (non-hydrogen) atoms. The lowest BCUT2D eigenvalue weighted by molar-refractivity contribution is 0.0522. The highest BCUT2D eigenvalue weighted by atomic mass is 35.5. The third-order valence-electron chi connectivity index (χ3n) is 3.15. The van der Waals surface area contributed by atoms with Crippen molar-refractivity contribution in [3.8, 4) is 0 Å². The van der Waals surface area contributed by atoms with Crippen LogP contribution in [0.15, 0.2) is 12.1 Å². The Kier molecular flexibility index (Phi) is 4.61. The number of nitrogens with zero attached hydrogens (tertiary/aromatic N) is 2. The van der Waals surface area contributed by atoms with Crippen LogP contribution in [0.1, 0.15) is 30.1 Å². The first kappa shape index (κ1) is 14.1. The van der Waals surface area contributed by atoms with Crippen molar-refractivity contribution in [3.05, 3.63) is 22.8 Å². The monoisotopic (exact) mass is 284 g/mol. The molecule has 1 atom stereocenters. The summed E-state index contributed by atoms with van der Waals surface area (Å²) in [4.78, 5) is 17.4. The molecule has 1 unspecified atom stereocenters. The van der Waals surface area contributed by atoms with Crippen LogP contribution < -0.4 is 4.90 Å². The Morgan fingerprint density at radius 2 is 2.42 bits per heavy atom. The average Bonchev–Trinajstić information content (AvgIpc) is 2.39. The molecule has 1 fully saturated rings. The van der Waals surface area contributed by atoms with E-state index in [4.69, 9.17) is 16.3 Å². The summed E-state index contributed by atoms with van der Waals surface area (Å²) in [6, 6.07) is 3.00. The van der Waals surface area contributed by atoms with Crippen molar-refractivity contribution in [2.24, 2.45) is 0 Å². The van der Waals surface area contributed by atoms with Gasteiger partial charge in [-0.25, -0.2) is 9.78 Å². The molecule has 1 aliphatic rings. The standard InChI is InChI=1S/C13H17ClN2O3/c1-2-19-9-4-3-7-16(8-9)12-10(13(17)18)5-6-11(14)15-12/h5-6,9H,2-4,7-8H2,1H3,(H,17,18). The summed E-state index contributed by atoms with van der Waals surface area (Å²) in [5.41, 5.74) is 0.182. The van der Waals surface area contributed by atoms with Gasteiger partial charge >= 0.3 is 5.97 Å². The molecule has 1 aromatic rings. The van der Waals surface area contributed by atoms with E-state index in [1.54, 1.807) is 0 Å². The van der Waals surface area contributed by atoms with Gasteiger partial charge in [-0.2, -0.15) is 0 Å². The van der Waals surface area contributed by atoms with Crippen LogP contribution in [0.2, 0.25) is 5.15 Å². The number of carbonyl (C=O) groups is 1. The topological polar surface area (TPSA) is 62.7 Å². The largest absolute Gasteiger partial charge is 0.478 e. The number of hydrogen-bond acceptors (Lipinski definition) is 4. The van der Waals surface area contributed by atoms with Crippen LogP contribution >= 0.6 is 11.6 Å². The number of aromatic nitrogens is 1. The highest BCUT2D eigenvalue weighted by Gasteiger charge is 2.25. The zero-order valence-electron chi connectivity index (χ0n) is 10.8. The van der Waals surface area contributed by atoms with E-state index in [1.165, 1.54) is 12.1 Å². The van der Waals surface area contributed by atoms with Crippen LogP contribution in [0.3, 0.4) is 0 Å². The Bertz CT molecular complexity index is 465. The molecule has 0 bridgehead atoms. The smallest absolute Gasteiger partial charge is 0.339 e. The van der Waals surface area contributed by atoms with Gasteiger partial charge in [0.05, 0.1) is 6.10 Å². The molecule has 0 aliphatic carbocycles. The quantitative estimate of drug-likeness (QED) is 0.861. The Balaban J connectivity index is 2.24. The van der Waals surface area contributed by atoms with Crippen molar-refractivity contribution in [1.82, 2.24) is 4.98 Å². The lowest BCUT2D eigenvalue weighted by atomic mass is 10.1. The fraction of sp³-hybridized carbons (Fsp3) is 0.538. The second-order valence-corrected chi connectivity index (χ2v) is 4.86. The molecule has 1 aliphatic heterocycles. The van der Waals surface area contributed by atoms with E-state index in [0.717, 1.165) is 19.4 Å². The van der Waals surface area contributed by atoms with E-state index in [1.807, 2.05) is 11.8 Å². The molecule has 104 valence electrons. The lowest BCUT2D eigenvalue weighted by Gasteiger charge is -2.33. The highest BCUT2D eigenvalue weighted by molar-refractivity contribution is 6.29. The number of pyridine rings is 1. The molecule has 5 nitrogen and oxygen atoms in total. The molecule has 0 amide bonds. The number of piperidine rings is 1. The van der Waals surface area contributed by atoms with E-state index < -0.39 is 5.97 Å². The van der Waals surface area contributed by atoms with E-state index >= 15 is 0 Å². The number of aromatic carboxylic acids is 1. The Morgan fingerprint density at radius 3 is 3.11 bits per heavy atom. The molecule has 1 N–H and O–H groups in total. The maximum atomic E-state index is 11.2. The van der Waals surface area contributed by atoms with Crippen molar-refractivity contribution in [3.63, 3.8) is 0 Å². The zero-order valence-corrected chi connectivity index (χ0v) is 11.6. The van der Waals surface area contributed by atoms with E-state index in [9.17, 15) is 9.90 Å². The lowest BCUT2D eigenvalue weighted by Crippen LogP contribution is -2.41. The van der Waals surface area contributed by atoms with Gasteiger partial charge in [-0.3, -0.25) is 0 Å². The van der Waals surface area contributed by atoms with Crippen LogP contribution in [-0.2, 0) is 4.74 Å². The van der Waals surface area contributed by atoms with Crippen molar-refractivity contribution < 1.29 is 14.6 Å². The summed E-state index contributed by atoms with van der Waals surface area (Å²) in [5.74, 6) is -0.554. The van der Waals surface area contributed by atoms with Gasteiger partial charge in [0, 0.05) is 19.7 Å². The summed E-state index contributed by atoms with van der Waals surface area (Å²) in [5, 5.41) is 9.52. The summed E-state index contributed by atoms with van der Waals surface area (Å²) in [6.45, 7) is 4.05. The van der Waals surface area contributed by atoms with Crippen LogP contribution in [-0.4, -0.2) is 41.9 Å². The number of anilines is 1. The molecule has 1 saturated heterocycles. The number of rotatable bonds is 4. The maximum Gasteiger partial charge on any atom is 0.339 e. The van der Waals surface area contributed by atoms with E-state index in [-0.39, 0.29) is 11.7 Å². The highest BCUT2D eigenvalue weighted by Crippen LogP contribution is 2.25. The van der Waals surface area contributed by atoms with Gasteiger partial charge in [-0.05, 0) is 31.9 Å². The average molecular weight is 285 g/mol. The number of halogens is 1. The Labute approximate surface area is 117 Å². The van der Waals surface area contributed by atoms with E-state index in [0.29, 0.717) is 24.1 Å². The summed E-state index contributed by atoms with van der Waals surface area (Å²) >= 11 is 5.88. The first-order chi connectivity index (χ1) is 9.11. The third kappa shape index (κ3) is 3.36. The van der Waals surface area contributed by atoms with Gasteiger partial charge in [0.15, 0.2) is 0 Å². The van der Waals surface area contributed by atoms with Gasteiger partial charge in [0.2, 0.25) is 0 Å². The van der Waals surface area contributed by atoms with E-state index in [2.05, 4.69) is 4.98 Å². The fourth-order valence-corrected chi connectivity index (χ4v) is 2.48. The minimum absolute atomic E-state index is 0.126. The second kappa shape index (κ2) is 6.21. The van der Waals surface area contributed by atoms with Gasteiger partial charge in [0.25, 0.3) is 0 Å². The number of carboxylic acids is 1. The maximum absolute atomic E-state index is 11.2. The third-order valence-corrected chi connectivity index (χ3v) is 3.36. The van der Waals surface area contributed by atoms with Gasteiger partial charge in [0.1, 0.15) is 16.5 Å². The molecule has 0 aromatic carbocycles. The SMILES string of the molecule is CCOC1CCCN(c2nc(Cl)ccc2C(=O)O)C1. The van der Waals surface area contributed by atoms with Crippen LogP contribution in [0.5, 0.6) is 0 Å². The van der Waals surface area contributed by atoms with Gasteiger partial charge < -0.3 is 14.7 Å². The number of carboxylic acid groups (broad SMARTS) is 1. The van der Waals surface area contributed by atoms with Crippen molar-refractivity contribution in [2.75, 3.05) is 24.6 Å². The van der Waals surface area contributed by atoms with Crippen LogP contribution in [0, 0.1) is 0 Å². The molecule has 0 spiro atoms. The predicted molar refractivity (Wildman–Crippen MR) is 73.1 cm³/mol. The Morgan fingerprint density at radius 1 is 1.63 bits per heavy atom. The first-order valence-electron chi connectivity index (χ1n) is 6.38. The molecule has 2 heterocycles. The molecule has 0 radical (unpaired) electrons.